The summed E-state index contributed by atoms with van der Waals surface area (Å²) in [5.74, 6) is 0. The van der Waals surface area contributed by atoms with E-state index < -0.39 is 0 Å². The molecule has 8 nitrogen and oxygen atoms in total. The molecule has 0 amide bonds. The average Bonchev–Trinajstić information content (AvgIpc) is 2.83. The van der Waals surface area contributed by atoms with Crippen molar-refractivity contribution in [3.63, 3.8) is 0 Å². The van der Waals surface area contributed by atoms with Crippen LogP contribution in [0.25, 0.3) is 0 Å². The predicted octanol–water partition coefficient (Wildman–Crippen LogP) is 10.5. The third-order valence-corrected chi connectivity index (χ3v) is 8.09. The minimum atomic E-state index is -0.236. The van der Waals surface area contributed by atoms with Crippen molar-refractivity contribution < 1.29 is 23.0 Å². The maximum Gasteiger partial charge on any atom is 0.463 e. The van der Waals surface area contributed by atoms with Crippen molar-refractivity contribution in [2.24, 2.45) is 0 Å². The summed E-state index contributed by atoms with van der Waals surface area (Å²) in [6.45, 7) is 59.4. The van der Waals surface area contributed by atoms with Gasteiger partial charge in [0.2, 0.25) is 0 Å². The summed E-state index contributed by atoms with van der Waals surface area (Å²) in [6.07, 6.45) is 0. The molecular formula is C36H84B7N3O5. The van der Waals surface area contributed by atoms with Gasteiger partial charge in [-0.15, -0.1) is 0 Å². The van der Waals surface area contributed by atoms with E-state index in [0.717, 1.165) is 0 Å². The Balaban J connectivity index is 0.000000740. The van der Waals surface area contributed by atoms with E-state index >= 15 is 0 Å². The minimum Gasteiger partial charge on any atom is -0.452 e. The van der Waals surface area contributed by atoms with Crippen LogP contribution in [0, 0.1) is 0 Å². The first-order valence-electron chi connectivity index (χ1n) is 19.5. The average molecular weight is 715 g/mol. The van der Waals surface area contributed by atoms with E-state index in [1.54, 1.807) is 0 Å². The Hall–Kier alpha value is 0.135. The monoisotopic (exact) mass is 716 g/mol. The molecule has 294 valence electrons. The SMILES string of the molecule is CC(C)(C)B1NB(C(C)(C)C)NB(C(C)(C)C)N1.CC(C)(C)B1OB(C(C)(C)C)OB(C(C)(C)C)O1.CC(C)(C)OB(OC(C)(C)C)C(C)(C)C. The quantitative estimate of drug-likeness (QED) is 0.244. The van der Waals surface area contributed by atoms with Crippen LogP contribution in [0.3, 0.4) is 0 Å². The highest BCUT2D eigenvalue weighted by Crippen LogP contribution is 2.42. The first kappa shape index (κ1) is 51.1. The van der Waals surface area contributed by atoms with Crippen LogP contribution in [0.2, 0.25) is 37.2 Å². The zero-order valence-corrected chi connectivity index (χ0v) is 39.1. The number of hydrogen-bond donors (Lipinski definition) is 3. The van der Waals surface area contributed by atoms with Gasteiger partial charge in [-0.3, -0.25) is 0 Å². The smallest absolute Gasteiger partial charge is 0.452 e. The standard InChI is InChI=1S/C12H30B3N3.C12H27B3O3.C12H27BO2/c2*1-10(2,3)13-16-14(11(4,5)6)18-15(17-13)12(7,8)9;1-10(2,3)13(14-11(4,5)6)15-12(7,8)9/h16-18H,1-9H3;1-9H3;1-9H3. The summed E-state index contributed by atoms with van der Waals surface area (Å²) in [4.78, 5) is 0. The predicted molar refractivity (Wildman–Crippen MR) is 233 cm³/mol. The van der Waals surface area contributed by atoms with E-state index in [2.05, 4.69) is 202 Å². The lowest BCUT2D eigenvalue weighted by atomic mass is 9.32. The first-order chi connectivity index (χ1) is 21.9. The molecular weight excluding hydrogens is 630 g/mol. The molecule has 0 aromatic carbocycles. The van der Waals surface area contributed by atoms with Crippen LogP contribution in [0.4, 0.5) is 0 Å². The van der Waals surface area contributed by atoms with Gasteiger partial charge in [-0.1, -0.05) is 145 Å². The molecule has 0 bridgehead atoms. The molecule has 0 saturated carbocycles. The molecule has 0 unspecified atom stereocenters. The topological polar surface area (TPSA) is 82.2 Å². The fraction of sp³-hybridized carbons (Fsp3) is 1.00. The molecule has 3 N–H and O–H groups in total. The van der Waals surface area contributed by atoms with Gasteiger partial charge in [-0.2, -0.15) is 0 Å². The zero-order valence-electron chi connectivity index (χ0n) is 39.1. The summed E-state index contributed by atoms with van der Waals surface area (Å²) >= 11 is 0. The van der Waals surface area contributed by atoms with Crippen LogP contribution < -0.4 is 15.4 Å². The summed E-state index contributed by atoms with van der Waals surface area (Å²) in [5.41, 5.74) is -0.355. The lowest BCUT2D eigenvalue weighted by Gasteiger charge is -2.46. The van der Waals surface area contributed by atoms with Crippen molar-refractivity contribution in [1.82, 2.24) is 15.4 Å². The van der Waals surface area contributed by atoms with E-state index in [0.29, 0.717) is 20.9 Å². The van der Waals surface area contributed by atoms with Crippen LogP contribution in [-0.4, -0.2) is 60.6 Å². The molecule has 2 aliphatic rings. The van der Waals surface area contributed by atoms with Gasteiger partial charge in [0.05, 0.1) is 0 Å². The molecule has 2 aliphatic heterocycles. The van der Waals surface area contributed by atoms with E-state index in [-0.39, 0.29) is 76.9 Å². The van der Waals surface area contributed by atoms with E-state index in [1.807, 2.05) is 0 Å². The van der Waals surface area contributed by atoms with Crippen LogP contribution >= 0.6 is 0 Å². The van der Waals surface area contributed by atoms with Gasteiger partial charge < -0.3 is 38.4 Å². The molecule has 2 rings (SSSR count). The molecule has 0 aromatic heterocycles. The third kappa shape index (κ3) is 20.0. The second kappa shape index (κ2) is 17.5. The van der Waals surface area contributed by atoms with E-state index in [4.69, 9.17) is 23.0 Å². The van der Waals surface area contributed by atoms with Crippen molar-refractivity contribution in [3.05, 3.63) is 0 Å². The number of rotatable bonds is 2. The molecule has 15 heteroatoms. The zero-order chi connectivity index (χ0) is 41.2. The molecule has 2 saturated heterocycles. The molecule has 2 fully saturated rings. The first-order valence-corrected chi connectivity index (χ1v) is 19.5. The number of hydrogen-bond acceptors (Lipinski definition) is 8. The Morgan fingerprint density at radius 2 is 0.529 bits per heavy atom. The van der Waals surface area contributed by atoms with Gasteiger partial charge in [-0.05, 0) is 78.7 Å². The molecule has 0 radical (unpaired) electrons. The maximum absolute atomic E-state index is 6.00. The van der Waals surface area contributed by atoms with Gasteiger partial charge in [0, 0.05) is 11.2 Å². The molecule has 2 heterocycles. The Morgan fingerprint density at radius 1 is 0.333 bits per heavy atom. The second-order valence-electron chi connectivity index (χ2n) is 24.6. The van der Waals surface area contributed by atoms with Gasteiger partial charge in [0.1, 0.15) is 0 Å². The van der Waals surface area contributed by atoms with Crippen LogP contribution in [0.5, 0.6) is 0 Å². The number of nitrogens with one attached hydrogen (secondary N) is 3. The third-order valence-electron chi connectivity index (χ3n) is 8.09. The Morgan fingerprint density at radius 3 is 0.647 bits per heavy atom. The van der Waals surface area contributed by atoms with Crippen LogP contribution in [-0.2, 0) is 23.0 Å². The van der Waals surface area contributed by atoms with Gasteiger partial charge in [0.25, 0.3) is 20.9 Å². The van der Waals surface area contributed by atoms with Crippen molar-refractivity contribution in [1.29, 1.82) is 0 Å². The summed E-state index contributed by atoms with van der Waals surface area (Å²) in [5, 5.41) is 11.6. The lowest BCUT2D eigenvalue weighted by molar-refractivity contribution is 0.0238. The van der Waals surface area contributed by atoms with Gasteiger partial charge in [0.15, 0.2) is 0 Å². The molecule has 0 aliphatic carbocycles. The van der Waals surface area contributed by atoms with E-state index in [1.165, 1.54) is 0 Å². The highest BCUT2D eigenvalue weighted by atomic mass is 16.7. The van der Waals surface area contributed by atoms with Crippen LogP contribution in [0.1, 0.15) is 187 Å². The molecule has 0 spiro atoms. The fourth-order valence-electron chi connectivity index (χ4n) is 4.82. The van der Waals surface area contributed by atoms with Crippen molar-refractivity contribution in [3.8, 4) is 0 Å². The maximum atomic E-state index is 6.00. The highest BCUT2D eigenvalue weighted by molar-refractivity contribution is 6.89. The molecule has 51 heavy (non-hydrogen) atoms. The van der Waals surface area contributed by atoms with Gasteiger partial charge in [-0.25, -0.2) is 0 Å². The van der Waals surface area contributed by atoms with Crippen molar-refractivity contribution >= 4 is 49.4 Å². The Kier molecular flexibility index (Phi) is 17.6. The van der Waals surface area contributed by atoms with Crippen LogP contribution in [0.15, 0.2) is 0 Å². The summed E-state index contributed by atoms with van der Waals surface area (Å²) in [7, 11) is -0.892. The normalized spacial score (nSPS) is 17.9. The van der Waals surface area contributed by atoms with Crippen molar-refractivity contribution in [2.45, 2.75) is 235 Å². The Bertz CT molecular complexity index is 857. The summed E-state index contributed by atoms with van der Waals surface area (Å²) < 4.78 is 29.9. The van der Waals surface area contributed by atoms with Crippen molar-refractivity contribution in [2.75, 3.05) is 0 Å². The lowest BCUT2D eigenvalue weighted by Crippen LogP contribution is -2.80. The largest absolute Gasteiger partial charge is 0.463 e. The second-order valence-corrected chi connectivity index (χ2v) is 24.6. The molecule has 0 aromatic rings. The molecule has 0 atom stereocenters. The fourth-order valence-corrected chi connectivity index (χ4v) is 4.82. The van der Waals surface area contributed by atoms with E-state index in [9.17, 15) is 0 Å². The Labute approximate surface area is 322 Å². The highest BCUT2D eigenvalue weighted by Gasteiger charge is 2.53. The van der Waals surface area contributed by atoms with Gasteiger partial charge >= 0.3 is 28.5 Å². The summed E-state index contributed by atoms with van der Waals surface area (Å²) in [6, 6.07) is 0. The minimum absolute atomic E-state index is 0.0133.